The van der Waals surface area contributed by atoms with Gasteiger partial charge in [-0.05, 0) is 35.9 Å². The summed E-state index contributed by atoms with van der Waals surface area (Å²) in [5.41, 5.74) is 0.586. The minimum Gasteiger partial charge on any atom is -0.279 e. The van der Waals surface area contributed by atoms with Gasteiger partial charge in [0.2, 0.25) is 5.78 Å². The molecule has 0 N–H and O–H groups in total. The molecule has 0 aliphatic carbocycles. The van der Waals surface area contributed by atoms with Crippen LogP contribution >= 0.6 is 11.8 Å². The van der Waals surface area contributed by atoms with Gasteiger partial charge in [-0.3, -0.25) is 4.79 Å². The van der Waals surface area contributed by atoms with Crippen LogP contribution in [0.25, 0.3) is 0 Å². The first-order valence-electron chi connectivity index (χ1n) is 4.01. The molecule has 0 bridgehead atoms. The number of Topliss-reactive ketones (excluding diaryl/α,β-unsaturated/α-hetero) is 1. The van der Waals surface area contributed by atoms with Crippen LogP contribution in [0, 0.1) is 12.3 Å². The van der Waals surface area contributed by atoms with E-state index in [1.165, 1.54) is 0 Å². The molecular weight excluding hydrogens is 180 g/mol. The lowest BCUT2D eigenvalue weighted by Gasteiger charge is -1.98. The minimum atomic E-state index is -0.256. The van der Waals surface area contributed by atoms with Crippen molar-refractivity contribution in [3.63, 3.8) is 0 Å². The second kappa shape index (κ2) is 4.74. The van der Waals surface area contributed by atoms with Gasteiger partial charge in [0.05, 0.1) is 0 Å². The van der Waals surface area contributed by atoms with Crippen molar-refractivity contribution in [2.24, 2.45) is 0 Å². The third-order valence-corrected chi connectivity index (χ3v) is 2.45. The molecule has 0 spiro atoms. The molecule has 0 unspecified atom stereocenters. The van der Waals surface area contributed by atoms with Gasteiger partial charge in [0.15, 0.2) is 0 Å². The van der Waals surface area contributed by atoms with E-state index in [0.717, 1.165) is 10.6 Å². The molecule has 2 heteroatoms. The second-order valence-corrected chi connectivity index (χ2v) is 3.77. The SMILES string of the molecule is C#CC(=O)c1ccc(SCC)cc1. The van der Waals surface area contributed by atoms with E-state index < -0.39 is 0 Å². The summed E-state index contributed by atoms with van der Waals surface area (Å²) in [6.07, 6.45) is 5.00. The highest BCUT2D eigenvalue weighted by molar-refractivity contribution is 7.99. The van der Waals surface area contributed by atoms with Crippen molar-refractivity contribution < 1.29 is 4.79 Å². The Labute approximate surface area is 82.5 Å². The van der Waals surface area contributed by atoms with Crippen molar-refractivity contribution in [2.75, 3.05) is 5.75 Å². The Hall–Kier alpha value is -1.20. The monoisotopic (exact) mass is 190 g/mol. The molecule has 13 heavy (non-hydrogen) atoms. The molecule has 0 aromatic heterocycles. The third kappa shape index (κ3) is 2.64. The molecule has 66 valence electrons. The molecule has 0 radical (unpaired) electrons. The van der Waals surface area contributed by atoms with Gasteiger partial charge >= 0.3 is 0 Å². The fourth-order valence-electron chi connectivity index (χ4n) is 0.953. The topological polar surface area (TPSA) is 17.1 Å². The summed E-state index contributed by atoms with van der Waals surface area (Å²) < 4.78 is 0. The van der Waals surface area contributed by atoms with Crippen molar-refractivity contribution in [1.82, 2.24) is 0 Å². The maximum atomic E-state index is 11.0. The molecule has 0 saturated carbocycles. The Bertz CT molecular complexity index is 332. The highest BCUT2D eigenvalue weighted by Gasteiger charge is 2.00. The standard InChI is InChI=1S/C11H10OS/c1-3-11(12)9-5-7-10(8-6-9)13-4-2/h1,5-8H,4H2,2H3. The highest BCUT2D eigenvalue weighted by Crippen LogP contribution is 2.17. The molecular formula is C11H10OS. The van der Waals surface area contributed by atoms with Gasteiger partial charge in [0.1, 0.15) is 0 Å². The Morgan fingerprint density at radius 3 is 2.54 bits per heavy atom. The molecule has 0 aliphatic rings. The van der Waals surface area contributed by atoms with Crippen molar-refractivity contribution in [2.45, 2.75) is 11.8 Å². The normalized spacial score (nSPS) is 9.23. The second-order valence-electron chi connectivity index (χ2n) is 2.43. The average Bonchev–Trinajstić information content (AvgIpc) is 2.18. The minimum absolute atomic E-state index is 0.256. The molecule has 0 atom stereocenters. The van der Waals surface area contributed by atoms with Crippen LogP contribution in [0.5, 0.6) is 0 Å². The number of rotatable bonds is 3. The molecule has 1 nitrogen and oxygen atoms in total. The van der Waals surface area contributed by atoms with E-state index in [4.69, 9.17) is 6.42 Å². The fourth-order valence-corrected chi connectivity index (χ4v) is 1.61. The number of terminal acetylenes is 1. The maximum absolute atomic E-state index is 11.0. The summed E-state index contributed by atoms with van der Waals surface area (Å²) in [4.78, 5) is 12.2. The van der Waals surface area contributed by atoms with Crippen LogP contribution in [0.15, 0.2) is 29.2 Å². The first-order chi connectivity index (χ1) is 6.27. The quantitative estimate of drug-likeness (QED) is 0.315. The summed E-state index contributed by atoms with van der Waals surface area (Å²) in [5, 5.41) is 0. The predicted molar refractivity (Wildman–Crippen MR) is 56.0 cm³/mol. The lowest BCUT2D eigenvalue weighted by atomic mass is 10.1. The third-order valence-electron chi connectivity index (χ3n) is 1.56. The lowest BCUT2D eigenvalue weighted by Crippen LogP contribution is -1.93. The van der Waals surface area contributed by atoms with Crippen molar-refractivity contribution >= 4 is 17.5 Å². The number of carbonyl (C=O) groups excluding carboxylic acids is 1. The van der Waals surface area contributed by atoms with Crippen LogP contribution in [0.2, 0.25) is 0 Å². The van der Waals surface area contributed by atoms with Crippen LogP contribution in [0.1, 0.15) is 17.3 Å². The van der Waals surface area contributed by atoms with Gasteiger partial charge in [-0.1, -0.05) is 6.92 Å². The molecule has 0 heterocycles. The van der Waals surface area contributed by atoms with Gasteiger partial charge in [-0.25, -0.2) is 0 Å². The smallest absolute Gasteiger partial charge is 0.235 e. The van der Waals surface area contributed by atoms with Crippen molar-refractivity contribution in [3.05, 3.63) is 29.8 Å². The van der Waals surface area contributed by atoms with Crippen molar-refractivity contribution in [1.29, 1.82) is 0 Å². The average molecular weight is 190 g/mol. The van der Waals surface area contributed by atoms with Crippen LogP contribution in [0.3, 0.4) is 0 Å². The van der Waals surface area contributed by atoms with E-state index in [9.17, 15) is 4.79 Å². The van der Waals surface area contributed by atoms with Gasteiger partial charge < -0.3 is 0 Å². The summed E-state index contributed by atoms with van der Waals surface area (Å²) in [6.45, 7) is 2.09. The summed E-state index contributed by atoms with van der Waals surface area (Å²) in [5.74, 6) is 2.86. The molecule has 0 amide bonds. The van der Waals surface area contributed by atoms with E-state index in [-0.39, 0.29) is 5.78 Å². The van der Waals surface area contributed by atoms with Crippen LogP contribution in [-0.2, 0) is 0 Å². The molecule has 1 aromatic carbocycles. The van der Waals surface area contributed by atoms with Crippen molar-refractivity contribution in [3.8, 4) is 12.3 Å². The number of thioether (sulfide) groups is 1. The van der Waals surface area contributed by atoms with Gasteiger partial charge in [0.25, 0.3) is 0 Å². The number of benzene rings is 1. The summed E-state index contributed by atoms with van der Waals surface area (Å²) in [6, 6.07) is 7.36. The van der Waals surface area contributed by atoms with E-state index in [1.807, 2.05) is 12.1 Å². The summed E-state index contributed by atoms with van der Waals surface area (Å²) >= 11 is 1.74. The zero-order valence-electron chi connectivity index (χ0n) is 7.41. The first-order valence-corrected chi connectivity index (χ1v) is 5.00. The zero-order valence-corrected chi connectivity index (χ0v) is 8.23. The maximum Gasteiger partial charge on any atom is 0.235 e. The number of ketones is 1. The largest absolute Gasteiger partial charge is 0.279 e. The number of hydrogen-bond donors (Lipinski definition) is 0. The highest BCUT2D eigenvalue weighted by atomic mass is 32.2. The van der Waals surface area contributed by atoms with E-state index >= 15 is 0 Å². The predicted octanol–water partition coefficient (Wildman–Crippen LogP) is 2.61. The molecule has 0 fully saturated rings. The van der Waals surface area contributed by atoms with Crippen LogP contribution in [0.4, 0.5) is 0 Å². The summed E-state index contributed by atoms with van der Waals surface area (Å²) in [7, 11) is 0. The lowest BCUT2D eigenvalue weighted by molar-refractivity contribution is 0.105. The van der Waals surface area contributed by atoms with Crippen LogP contribution in [-0.4, -0.2) is 11.5 Å². The Kier molecular flexibility index (Phi) is 3.60. The Balaban J connectivity index is 2.82. The van der Waals surface area contributed by atoms with E-state index in [1.54, 1.807) is 23.9 Å². The van der Waals surface area contributed by atoms with Gasteiger partial charge in [-0.2, -0.15) is 0 Å². The Morgan fingerprint density at radius 1 is 1.46 bits per heavy atom. The molecule has 1 aromatic rings. The molecule has 0 aliphatic heterocycles. The van der Waals surface area contributed by atoms with Gasteiger partial charge in [0, 0.05) is 10.5 Å². The number of carbonyl (C=O) groups is 1. The van der Waals surface area contributed by atoms with Crippen LogP contribution < -0.4 is 0 Å². The first kappa shape index (κ1) is 9.88. The molecule has 1 rings (SSSR count). The number of hydrogen-bond acceptors (Lipinski definition) is 2. The van der Waals surface area contributed by atoms with E-state index in [2.05, 4.69) is 12.8 Å². The Morgan fingerprint density at radius 2 is 2.08 bits per heavy atom. The van der Waals surface area contributed by atoms with E-state index in [0.29, 0.717) is 5.56 Å². The molecule has 0 saturated heterocycles. The van der Waals surface area contributed by atoms with Gasteiger partial charge in [-0.15, -0.1) is 18.2 Å². The fraction of sp³-hybridized carbons (Fsp3) is 0.182. The zero-order chi connectivity index (χ0) is 9.68.